The summed E-state index contributed by atoms with van der Waals surface area (Å²) >= 11 is 7.96. The van der Waals surface area contributed by atoms with Crippen LogP contribution in [0.2, 0.25) is 5.02 Å². The summed E-state index contributed by atoms with van der Waals surface area (Å²) in [5, 5.41) is 0.984. The third kappa shape index (κ3) is 5.48. The molecule has 1 spiro atoms. The zero-order valence-electron chi connectivity index (χ0n) is 22.6. The average Bonchev–Trinajstić information content (AvgIpc) is 3.25. The van der Waals surface area contributed by atoms with E-state index in [0.29, 0.717) is 27.6 Å². The molecule has 42 heavy (non-hydrogen) atoms. The van der Waals surface area contributed by atoms with E-state index in [1.54, 1.807) is 24.5 Å². The van der Waals surface area contributed by atoms with E-state index in [1.807, 2.05) is 6.92 Å². The molecule has 0 amide bonds. The summed E-state index contributed by atoms with van der Waals surface area (Å²) in [6.45, 7) is 4.29. The topological polar surface area (TPSA) is 99.2 Å². The number of hydrogen-bond acceptors (Lipinski definition) is 8. The average molecular weight is 617 g/mol. The second-order valence-electron chi connectivity index (χ2n) is 10.9. The van der Waals surface area contributed by atoms with Crippen molar-refractivity contribution in [2.75, 3.05) is 24.6 Å². The van der Waals surface area contributed by atoms with Crippen LogP contribution in [0.1, 0.15) is 30.9 Å². The Hall–Kier alpha value is -3.19. The third-order valence-electron chi connectivity index (χ3n) is 8.26. The molecule has 0 unspecified atom stereocenters. The summed E-state index contributed by atoms with van der Waals surface area (Å²) in [5.74, 6) is 0.779. The van der Waals surface area contributed by atoms with E-state index in [2.05, 4.69) is 19.9 Å². The van der Waals surface area contributed by atoms with Gasteiger partial charge in [0.2, 0.25) is 0 Å². The normalized spacial score (nSPS) is 20.5. The molecule has 2 aromatic carbocycles. The predicted molar refractivity (Wildman–Crippen MR) is 155 cm³/mol. The maximum absolute atomic E-state index is 13.3. The van der Waals surface area contributed by atoms with E-state index in [9.17, 15) is 18.0 Å². The monoisotopic (exact) mass is 616 g/mol. The lowest BCUT2D eigenvalue weighted by atomic mass is 9.73. The smallest absolute Gasteiger partial charge is 0.376 e. The number of hydrogen-bond donors (Lipinski definition) is 1. The van der Waals surface area contributed by atoms with E-state index in [-0.39, 0.29) is 34.5 Å². The fraction of sp³-hybridized carbons (Fsp3) is 0.379. The van der Waals surface area contributed by atoms with Gasteiger partial charge in [0.25, 0.3) is 5.56 Å². The molecule has 220 valence electrons. The van der Waals surface area contributed by atoms with Crippen LogP contribution in [0, 0.1) is 5.41 Å². The number of rotatable bonds is 5. The fourth-order valence-corrected chi connectivity index (χ4v) is 6.83. The van der Waals surface area contributed by atoms with Crippen LogP contribution in [0.5, 0.6) is 0 Å². The van der Waals surface area contributed by atoms with Gasteiger partial charge in [-0.25, -0.2) is 15.0 Å². The summed E-state index contributed by atoms with van der Waals surface area (Å²) < 4.78 is 46.5. The molecule has 2 aromatic heterocycles. The van der Waals surface area contributed by atoms with Gasteiger partial charge in [0, 0.05) is 29.4 Å². The van der Waals surface area contributed by atoms with Crippen molar-refractivity contribution in [3.8, 4) is 0 Å². The van der Waals surface area contributed by atoms with Crippen LogP contribution < -0.4 is 16.2 Å². The van der Waals surface area contributed by atoms with Crippen molar-refractivity contribution in [2.24, 2.45) is 11.1 Å². The van der Waals surface area contributed by atoms with Gasteiger partial charge in [0.15, 0.2) is 0 Å². The zero-order chi connectivity index (χ0) is 29.6. The highest BCUT2D eigenvalue weighted by Crippen LogP contribution is 2.42. The van der Waals surface area contributed by atoms with Crippen LogP contribution >= 0.6 is 23.4 Å². The number of aromatic nitrogens is 4. The first kappa shape index (κ1) is 28.9. The summed E-state index contributed by atoms with van der Waals surface area (Å²) in [6, 6.07) is 8.33. The number of alkyl halides is 3. The van der Waals surface area contributed by atoms with E-state index in [4.69, 9.17) is 22.1 Å². The summed E-state index contributed by atoms with van der Waals surface area (Å²) in [5.41, 5.74) is 5.94. The molecule has 0 bridgehead atoms. The highest BCUT2D eigenvalue weighted by molar-refractivity contribution is 7.99. The van der Waals surface area contributed by atoms with Crippen molar-refractivity contribution in [1.29, 1.82) is 0 Å². The first-order valence-corrected chi connectivity index (χ1v) is 14.7. The first-order valence-electron chi connectivity index (χ1n) is 13.5. The van der Waals surface area contributed by atoms with Crippen LogP contribution in [0.4, 0.5) is 19.0 Å². The Labute approximate surface area is 249 Å². The van der Waals surface area contributed by atoms with Crippen LogP contribution in [0.3, 0.4) is 0 Å². The van der Waals surface area contributed by atoms with E-state index in [1.165, 1.54) is 34.8 Å². The Morgan fingerprint density at radius 1 is 1.14 bits per heavy atom. The lowest BCUT2D eigenvalue weighted by molar-refractivity contribution is -0.137. The van der Waals surface area contributed by atoms with Gasteiger partial charge in [-0.15, -0.1) is 0 Å². The molecule has 6 rings (SSSR count). The standard InChI is InChI=1S/C29H28ClF3N6O2S/c1-17-26(34)28(15-41-17)7-9-38(10-8-28)22-12-36-23(13-35-22)42-21-6-5-20-24(25(21)30)27(40)39(16-37-20)14-18-3-2-4-19(11-18)29(31,32)33/h2-6,11-13,16-17,26H,7-10,14-15,34H2,1H3/t17-,26+/m0/s1. The van der Waals surface area contributed by atoms with Crippen molar-refractivity contribution in [3.63, 3.8) is 0 Å². The van der Waals surface area contributed by atoms with Gasteiger partial charge in [0.1, 0.15) is 10.8 Å². The Bertz CT molecular complexity index is 1680. The van der Waals surface area contributed by atoms with Gasteiger partial charge in [-0.1, -0.05) is 35.5 Å². The summed E-state index contributed by atoms with van der Waals surface area (Å²) in [4.78, 5) is 29.6. The number of nitrogens with zero attached hydrogens (tertiary/aromatic N) is 5. The lowest BCUT2D eigenvalue weighted by Gasteiger charge is -2.41. The number of anilines is 1. The molecular formula is C29H28ClF3N6O2S. The number of halogens is 4. The molecule has 2 aliphatic rings. The van der Waals surface area contributed by atoms with Gasteiger partial charge < -0.3 is 15.4 Å². The number of ether oxygens (including phenoxy) is 1. The maximum Gasteiger partial charge on any atom is 0.416 e. The van der Waals surface area contributed by atoms with E-state index < -0.39 is 17.3 Å². The molecule has 13 heteroatoms. The maximum atomic E-state index is 13.3. The predicted octanol–water partition coefficient (Wildman–Crippen LogP) is 5.39. The number of nitrogens with two attached hydrogens (primary N) is 1. The first-order chi connectivity index (χ1) is 20.0. The molecule has 0 aliphatic carbocycles. The molecule has 2 fully saturated rings. The molecule has 4 aromatic rings. The second-order valence-corrected chi connectivity index (χ2v) is 12.3. The number of benzene rings is 2. The molecule has 4 heterocycles. The number of piperidine rings is 1. The van der Waals surface area contributed by atoms with Gasteiger partial charge in [-0.3, -0.25) is 9.36 Å². The molecule has 2 atom stereocenters. The highest BCUT2D eigenvalue weighted by atomic mass is 35.5. The minimum Gasteiger partial charge on any atom is -0.376 e. The van der Waals surface area contributed by atoms with Crippen LogP contribution in [0.15, 0.2) is 69.8 Å². The molecular weight excluding hydrogens is 589 g/mol. The Kier molecular flexibility index (Phi) is 7.67. The van der Waals surface area contributed by atoms with Crippen molar-refractivity contribution in [1.82, 2.24) is 19.5 Å². The van der Waals surface area contributed by atoms with Crippen molar-refractivity contribution < 1.29 is 17.9 Å². The quantitative estimate of drug-likeness (QED) is 0.319. The van der Waals surface area contributed by atoms with Crippen molar-refractivity contribution in [3.05, 3.63) is 81.6 Å². The van der Waals surface area contributed by atoms with Gasteiger partial charge >= 0.3 is 6.18 Å². The van der Waals surface area contributed by atoms with E-state index >= 15 is 0 Å². The molecule has 0 radical (unpaired) electrons. The Morgan fingerprint density at radius 2 is 1.93 bits per heavy atom. The second kappa shape index (κ2) is 11.1. The third-order valence-corrected chi connectivity index (χ3v) is 9.75. The molecule has 2 saturated heterocycles. The van der Waals surface area contributed by atoms with Gasteiger partial charge in [0.05, 0.1) is 59.5 Å². The summed E-state index contributed by atoms with van der Waals surface area (Å²) in [7, 11) is 0. The largest absolute Gasteiger partial charge is 0.416 e. The lowest BCUT2D eigenvalue weighted by Crippen LogP contribution is -2.50. The Morgan fingerprint density at radius 3 is 2.60 bits per heavy atom. The minimum absolute atomic E-state index is 0.0203. The van der Waals surface area contributed by atoms with Crippen molar-refractivity contribution in [2.45, 2.75) is 54.6 Å². The zero-order valence-corrected chi connectivity index (χ0v) is 24.2. The van der Waals surface area contributed by atoms with Crippen molar-refractivity contribution >= 4 is 40.1 Å². The Balaban J connectivity index is 1.18. The highest BCUT2D eigenvalue weighted by Gasteiger charge is 2.47. The number of fused-ring (bicyclic) bond motifs is 1. The molecule has 2 N–H and O–H groups in total. The molecule has 2 aliphatic heterocycles. The van der Waals surface area contributed by atoms with Crippen LogP contribution in [0.25, 0.3) is 10.9 Å². The fourth-order valence-electron chi connectivity index (χ4n) is 5.71. The van der Waals surface area contributed by atoms with E-state index in [0.717, 1.165) is 43.9 Å². The van der Waals surface area contributed by atoms with Crippen LogP contribution in [-0.2, 0) is 17.5 Å². The summed E-state index contributed by atoms with van der Waals surface area (Å²) in [6.07, 6.45) is 2.18. The molecule has 8 nitrogen and oxygen atoms in total. The van der Waals surface area contributed by atoms with Gasteiger partial charge in [-0.05, 0) is 49.6 Å². The van der Waals surface area contributed by atoms with Gasteiger partial charge in [-0.2, -0.15) is 13.2 Å². The SMILES string of the molecule is C[C@@H]1OCC2(CCN(c3cnc(Sc4ccc5ncn(Cc6cccc(C(F)(F)F)c6)c(=O)c5c4Cl)cn3)CC2)[C@@H]1N. The minimum atomic E-state index is -4.48. The van der Waals surface area contributed by atoms with Crippen LogP contribution in [-0.4, -0.2) is 51.4 Å². The molecule has 0 saturated carbocycles.